The van der Waals surface area contributed by atoms with Gasteiger partial charge in [-0.05, 0) is 20.3 Å². The van der Waals surface area contributed by atoms with Crippen LogP contribution in [0, 0.1) is 6.92 Å². The largest absolute Gasteiger partial charge is 0.434 e. The van der Waals surface area contributed by atoms with Crippen LogP contribution in [0.4, 0.5) is 13.2 Å². The average molecular weight is 401 g/mol. The molecule has 1 aliphatic heterocycles. The highest BCUT2D eigenvalue weighted by Crippen LogP contribution is 2.30. The molecule has 2 aromatic heterocycles. The van der Waals surface area contributed by atoms with Crippen LogP contribution in [0.5, 0.6) is 0 Å². The molecule has 0 saturated carbocycles. The van der Waals surface area contributed by atoms with Crippen molar-refractivity contribution in [3.63, 3.8) is 0 Å². The maximum absolute atomic E-state index is 12.6. The van der Waals surface area contributed by atoms with Crippen molar-refractivity contribution in [1.29, 1.82) is 0 Å². The van der Waals surface area contributed by atoms with Crippen LogP contribution in [0.25, 0.3) is 0 Å². The lowest BCUT2D eigenvalue weighted by Gasteiger charge is -2.25. The van der Waals surface area contributed by atoms with Gasteiger partial charge in [0.15, 0.2) is 11.7 Å². The Balaban J connectivity index is 1.56. The van der Waals surface area contributed by atoms with E-state index in [0.29, 0.717) is 37.0 Å². The third kappa shape index (κ3) is 5.18. The van der Waals surface area contributed by atoms with Gasteiger partial charge in [-0.2, -0.15) is 18.3 Å². The van der Waals surface area contributed by atoms with E-state index in [-0.39, 0.29) is 6.04 Å². The lowest BCUT2D eigenvalue weighted by molar-refractivity contribution is -0.140. The molecule has 2 aromatic rings. The Morgan fingerprint density at radius 1 is 1.41 bits per heavy atom. The van der Waals surface area contributed by atoms with Gasteiger partial charge in [0.25, 0.3) is 0 Å². The molecule has 0 aromatic carbocycles. The van der Waals surface area contributed by atoms with Crippen molar-refractivity contribution >= 4 is 17.3 Å². The summed E-state index contributed by atoms with van der Waals surface area (Å²) in [4.78, 5) is 12.5. The third-order valence-corrected chi connectivity index (χ3v) is 5.00. The zero-order chi connectivity index (χ0) is 19.4. The molecular formula is C16H22F3N7S. The lowest BCUT2D eigenvalue weighted by Crippen LogP contribution is -2.47. The molecule has 2 N–H and O–H groups in total. The SMILES string of the molecule is CCNC(=NCCc1nc(C(F)(F)F)cs1)NC1CCc2nc(C)nn2C1. The molecule has 148 valence electrons. The Kier molecular flexibility index (Phi) is 5.98. The van der Waals surface area contributed by atoms with Gasteiger partial charge in [0.1, 0.15) is 11.6 Å². The first-order valence-electron chi connectivity index (χ1n) is 8.82. The summed E-state index contributed by atoms with van der Waals surface area (Å²) in [7, 11) is 0. The molecule has 1 atom stereocenters. The maximum Gasteiger partial charge on any atom is 0.434 e. The summed E-state index contributed by atoms with van der Waals surface area (Å²) in [6.07, 6.45) is -2.26. The Labute approximate surface area is 159 Å². The molecule has 27 heavy (non-hydrogen) atoms. The summed E-state index contributed by atoms with van der Waals surface area (Å²) in [5.74, 6) is 2.42. The van der Waals surface area contributed by atoms with Gasteiger partial charge in [-0.1, -0.05) is 0 Å². The van der Waals surface area contributed by atoms with Crippen molar-refractivity contribution < 1.29 is 13.2 Å². The number of rotatable bonds is 5. The molecule has 3 heterocycles. The summed E-state index contributed by atoms with van der Waals surface area (Å²) >= 11 is 1.01. The molecule has 1 aliphatic rings. The summed E-state index contributed by atoms with van der Waals surface area (Å²) in [5, 5.41) is 12.4. The number of halogens is 3. The van der Waals surface area contributed by atoms with Crippen molar-refractivity contribution in [2.75, 3.05) is 13.1 Å². The number of aliphatic imine (C=N–C) groups is 1. The first kappa shape index (κ1) is 19.6. The number of guanidine groups is 1. The number of hydrogen-bond donors (Lipinski definition) is 2. The minimum Gasteiger partial charge on any atom is -0.357 e. The molecule has 3 rings (SSSR count). The maximum atomic E-state index is 12.6. The summed E-state index contributed by atoms with van der Waals surface area (Å²) in [6, 6.07) is 0.174. The van der Waals surface area contributed by atoms with Gasteiger partial charge in [0, 0.05) is 37.4 Å². The quantitative estimate of drug-likeness (QED) is 0.593. The first-order valence-corrected chi connectivity index (χ1v) is 9.70. The van der Waals surface area contributed by atoms with Crippen LogP contribution in [0.1, 0.15) is 35.7 Å². The van der Waals surface area contributed by atoms with E-state index in [1.54, 1.807) is 0 Å². The van der Waals surface area contributed by atoms with Crippen molar-refractivity contribution in [2.45, 2.75) is 51.9 Å². The second-order valence-corrected chi connectivity index (χ2v) is 7.21. The van der Waals surface area contributed by atoms with Crippen LogP contribution >= 0.6 is 11.3 Å². The molecule has 0 spiro atoms. The minimum absolute atomic E-state index is 0.174. The van der Waals surface area contributed by atoms with Crippen LogP contribution in [-0.2, 0) is 25.6 Å². The molecule has 0 fully saturated rings. The van der Waals surface area contributed by atoms with Crippen molar-refractivity contribution in [3.05, 3.63) is 27.7 Å². The standard InChI is InChI=1S/C16H22F3N7S/c1-3-20-15(21-7-6-14-24-12(9-27-14)16(17,18)19)23-11-4-5-13-22-10(2)25-26(13)8-11/h9,11H,3-8H2,1-2H3,(H2,20,21,23). The van der Waals surface area contributed by atoms with Gasteiger partial charge in [-0.3, -0.25) is 4.99 Å². The van der Waals surface area contributed by atoms with E-state index in [1.807, 2.05) is 18.5 Å². The molecule has 7 nitrogen and oxygen atoms in total. The molecule has 0 amide bonds. The Hall–Kier alpha value is -2.17. The molecular weight excluding hydrogens is 379 g/mol. The zero-order valence-corrected chi connectivity index (χ0v) is 16.0. The van der Waals surface area contributed by atoms with E-state index in [2.05, 4.69) is 30.7 Å². The van der Waals surface area contributed by atoms with Crippen molar-refractivity contribution in [2.24, 2.45) is 4.99 Å². The van der Waals surface area contributed by atoms with Gasteiger partial charge in [0.2, 0.25) is 0 Å². The summed E-state index contributed by atoms with van der Waals surface area (Å²) in [5.41, 5.74) is -0.836. The number of hydrogen-bond acceptors (Lipinski definition) is 5. The van der Waals surface area contributed by atoms with Crippen LogP contribution in [0.3, 0.4) is 0 Å². The zero-order valence-electron chi connectivity index (χ0n) is 15.2. The van der Waals surface area contributed by atoms with E-state index in [9.17, 15) is 13.2 Å². The molecule has 0 aliphatic carbocycles. The Morgan fingerprint density at radius 2 is 2.22 bits per heavy atom. The van der Waals surface area contributed by atoms with E-state index >= 15 is 0 Å². The van der Waals surface area contributed by atoms with E-state index in [0.717, 1.165) is 41.2 Å². The monoisotopic (exact) mass is 401 g/mol. The third-order valence-electron chi connectivity index (χ3n) is 4.09. The molecule has 0 saturated heterocycles. The Morgan fingerprint density at radius 3 is 2.93 bits per heavy atom. The molecule has 11 heteroatoms. The summed E-state index contributed by atoms with van der Waals surface area (Å²) < 4.78 is 39.7. The molecule has 1 unspecified atom stereocenters. The van der Waals surface area contributed by atoms with Crippen LogP contribution in [0.2, 0.25) is 0 Å². The predicted octanol–water partition coefficient (Wildman–Crippen LogP) is 2.17. The van der Waals surface area contributed by atoms with E-state index in [4.69, 9.17) is 0 Å². The number of aromatic nitrogens is 4. The number of thiazole rings is 1. The van der Waals surface area contributed by atoms with Gasteiger partial charge < -0.3 is 10.6 Å². The molecule has 0 radical (unpaired) electrons. The second-order valence-electron chi connectivity index (χ2n) is 6.27. The fraction of sp³-hybridized carbons (Fsp3) is 0.625. The Bertz CT molecular complexity index is 796. The smallest absolute Gasteiger partial charge is 0.357 e. The number of aryl methyl sites for hydroxylation is 2. The lowest BCUT2D eigenvalue weighted by atomic mass is 10.1. The highest BCUT2D eigenvalue weighted by atomic mass is 32.1. The normalized spacial score (nSPS) is 17.7. The topological polar surface area (TPSA) is 80.0 Å². The van der Waals surface area contributed by atoms with Gasteiger partial charge >= 0.3 is 6.18 Å². The van der Waals surface area contributed by atoms with Gasteiger partial charge in [-0.15, -0.1) is 11.3 Å². The van der Waals surface area contributed by atoms with Crippen LogP contribution < -0.4 is 10.6 Å². The minimum atomic E-state index is -4.39. The van der Waals surface area contributed by atoms with Gasteiger partial charge in [-0.25, -0.2) is 14.6 Å². The highest BCUT2D eigenvalue weighted by molar-refractivity contribution is 7.09. The van der Waals surface area contributed by atoms with Crippen LogP contribution in [0.15, 0.2) is 10.4 Å². The fourth-order valence-electron chi connectivity index (χ4n) is 2.88. The number of alkyl halides is 3. The second kappa shape index (κ2) is 8.24. The predicted molar refractivity (Wildman–Crippen MR) is 96.8 cm³/mol. The van der Waals surface area contributed by atoms with Crippen molar-refractivity contribution in [1.82, 2.24) is 30.4 Å². The first-order chi connectivity index (χ1) is 12.8. The average Bonchev–Trinajstić information content (AvgIpc) is 3.20. The van der Waals surface area contributed by atoms with Crippen LogP contribution in [-0.4, -0.2) is 44.8 Å². The highest BCUT2D eigenvalue weighted by Gasteiger charge is 2.33. The fourth-order valence-corrected chi connectivity index (χ4v) is 3.68. The number of fused-ring (bicyclic) bond motifs is 1. The van der Waals surface area contributed by atoms with Gasteiger partial charge in [0.05, 0.1) is 11.6 Å². The number of nitrogens with one attached hydrogen (secondary N) is 2. The number of nitrogens with zero attached hydrogens (tertiary/aromatic N) is 5. The van der Waals surface area contributed by atoms with Crippen molar-refractivity contribution in [3.8, 4) is 0 Å². The summed E-state index contributed by atoms with van der Waals surface area (Å²) in [6.45, 7) is 5.61. The molecule has 0 bridgehead atoms. The van der Waals surface area contributed by atoms with E-state index in [1.165, 1.54) is 0 Å². The van der Waals surface area contributed by atoms with E-state index < -0.39 is 11.9 Å².